The lowest BCUT2D eigenvalue weighted by Gasteiger charge is -2.35. The van der Waals surface area contributed by atoms with Gasteiger partial charge in [0.1, 0.15) is 12.2 Å². The fourth-order valence-electron chi connectivity index (χ4n) is 2.82. The number of hydrogen-bond acceptors (Lipinski definition) is 3. The summed E-state index contributed by atoms with van der Waals surface area (Å²) in [6.07, 6.45) is 2.51. The highest BCUT2D eigenvalue weighted by Crippen LogP contribution is 2.28. The van der Waals surface area contributed by atoms with Crippen molar-refractivity contribution in [1.82, 2.24) is 20.1 Å². The molecule has 0 saturated carbocycles. The van der Waals surface area contributed by atoms with E-state index in [1.54, 1.807) is 6.33 Å². The normalized spacial score (nSPS) is 13.6. The summed E-state index contributed by atoms with van der Waals surface area (Å²) in [6.45, 7) is 8.82. The third-order valence-corrected chi connectivity index (χ3v) is 4.26. The minimum Gasteiger partial charge on any atom is -0.316 e. The first-order valence-corrected chi connectivity index (χ1v) is 7.58. The first kappa shape index (κ1) is 15.7. The molecule has 4 nitrogen and oxygen atoms in total. The second kappa shape index (κ2) is 6.39. The van der Waals surface area contributed by atoms with Gasteiger partial charge in [0.25, 0.3) is 0 Å². The Hall–Kier alpha value is -1.68. The number of hydrogen-bond donors (Lipinski definition) is 1. The van der Waals surface area contributed by atoms with E-state index < -0.39 is 0 Å². The van der Waals surface area contributed by atoms with E-state index in [0.29, 0.717) is 12.1 Å². The highest BCUT2D eigenvalue weighted by Gasteiger charge is 2.31. The van der Waals surface area contributed by atoms with Gasteiger partial charge < -0.3 is 5.32 Å². The van der Waals surface area contributed by atoms with Crippen LogP contribution in [0.1, 0.15) is 45.1 Å². The van der Waals surface area contributed by atoms with Crippen LogP contribution in [-0.4, -0.2) is 27.9 Å². The molecular formula is C17H26N4. The lowest BCUT2D eigenvalue weighted by molar-refractivity contribution is 0.343. The van der Waals surface area contributed by atoms with Crippen molar-refractivity contribution in [2.45, 2.75) is 51.6 Å². The van der Waals surface area contributed by atoms with Crippen LogP contribution >= 0.6 is 0 Å². The number of rotatable bonds is 6. The third kappa shape index (κ3) is 3.32. The topological polar surface area (TPSA) is 42.7 Å². The quantitative estimate of drug-likeness (QED) is 0.888. The van der Waals surface area contributed by atoms with Gasteiger partial charge in [0, 0.05) is 23.9 Å². The van der Waals surface area contributed by atoms with Gasteiger partial charge in [-0.3, -0.25) is 0 Å². The van der Waals surface area contributed by atoms with Crippen molar-refractivity contribution < 1.29 is 0 Å². The van der Waals surface area contributed by atoms with Crippen LogP contribution in [0.5, 0.6) is 0 Å². The molecule has 0 saturated heterocycles. The summed E-state index contributed by atoms with van der Waals surface area (Å²) >= 11 is 0. The molecular weight excluding hydrogens is 260 g/mol. The average Bonchev–Trinajstić information content (AvgIpc) is 2.94. The van der Waals surface area contributed by atoms with Crippen molar-refractivity contribution in [3.63, 3.8) is 0 Å². The van der Waals surface area contributed by atoms with Crippen LogP contribution in [0.25, 0.3) is 0 Å². The molecule has 1 aromatic carbocycles. The van der Waals surface area contributed by atoms with Crippen LogP contribution in [0.15, 0.2) is 36.7 Å². The Balaban J connectivity index is 2.25. The van der Waals surface area contributed by atoms with Crippen molar-refractivity contribution in [2.24, 2.45) is 0 Å². The van der Waals surface area contributed by atoms with Crippen LogP contribution in [0.3, 0.4) is 0 Å². The molecule has 2 rings (SSSR count). The molecule has 1 aromatic heterocycles. The van der Waals surface area contributed by atoms with Crippen LogP contribution in [0.4, 0.5) is 0 Å². The number of nitrogens with zero attached hydrogens (tertiary/aromatic N) is 3. The van der Waals surface area contributed by atoms with Crippen LogP contribution in [0, 0.1) is 0 Å². The maximum absolute atomic E-state index is 4.44. The van der Waals surface area contributed by atoms with E-state index in [1.165, 1.54) is 5.56 Å². The molecule has 21 heavy (non-hydrogen) atoms. The molecule has 1 N–H and O–H groups in total. The van der Waals surface area contributed by atoms with Gasteiger partial charge in [0.05, 0.1) is 0 Å². The molecule has 0 bridgehead atoms. The van der Waals surface area contributed by atoms with Crippen molar-refractivity contribution in [1.29, 1.82) is 0 Å². The lowest BCUT2D eigenvalue weighted by atomic mass is 9.76. The molecule has 1 heterocycles. The zero-order chi connectivity index (χ0) is 15.5. The Morgan fingerprint density at radius 1 is 1.19 bits per heavy atom. The summed E-state index contributed by atoms with van der Waals surface area (Å²) in [7, 11) is 2.02. The summed E-state index contributed by atoms with van der Waals surface area (Å²) < 4.78 is 2.01. The maximum atomic E-state index is 4.44. The summed E-state index contributed by atoms with van der Waals surface area (Å²) in [5.74, 6) is 1.04. The number of aromatic nitrogens is 3. The monoisotopic (exact) mass is 286 g/mol. The van der Waals surface area contributed by atoms with Crippen LogP contribution in [-0.2, 0) is 11.8 Å². The Bertz CT molecular complexity index is 557. The molecule has 0 aliphatic heterocycles. The fraction of sp³-hybridized carbons (Fsp3) is 0.529. The van der Waals surface area contributed by atoms with Crippen molar-refractivity contribution in [3.8, 4) is 0 Å². The van der Waals surface area contributed by atoms with E-state index in [0.717, 1.165) is 12.2 Å². The highest BCUT2D eigenvalue weighted by atomic mass is 15.3. The number of nitrogens with one attached hydrogen (secondary N) is 1. The van der Waals surface area contributed by atoms with E-state index >= 15 is 0 Å². The van der Waals surface area contributed by atoms with E-state index in [-0.39, 0.29) is 5.41 Å². The Labute approximate surface area is 127 Å². The first-order chi connectivity index (χ1) is 9.96. The second-order valence-corrected chi connectivity index (χ2v) is 6.35. The molecule has 0 aliphatic rings. The first-order valence-electron chi connectivity index (χ1n) is 7.58. The zero-order valence-corrected chi connectivity index (χ0v) is 13.7. The molecule has 4 heteroatoms. The molecule has 0 spiro atoms. The Morgan fingerprint density at radius 3 is 2.43 bits per heavy atom. The van der Waals surface area contributed by atoms with Gasteiger partial charge in [0.15, 0.2) is 0 Å². The minimum absolute atomic E-state index is 0.0176. The average molecular weight is 286 g/mol. The molecule has 0 fully saturated rings. The van der Waals surface area contributed by atoms with E-state index in [1.807, 2.05) is 11.7 Å². The smallest absolute Gasteiger partial charge is 0.138 e. The van der Waals surface area contributed by atoms with Gasteiger partial charge in [-0.2, -0.15) is 5.10 Å². The summed E-state index contributed by atoms with van der Waals surface area (Å²) in [5, 5.41) is 7.80. The third-order valence-electron chi connectivity index (χ3n) is 4.26. The molecule has 0 radical (unpaired) electrons. The van der Waals surface area contributed by atoms with Gasteiger partial charge in [0.2, 0.25) is 0 Å². The SMILES string of the molecule is CNC(Cc1ncnn1C(C)C)C(C)(C)c1ccccc1. The van der Waals surface area contributed by atoms with Crippen molar-refractivity contribution >= 4 is 0 Å². The van der Waals surface area contributed by atoms with Gasteiger partial charge in [-0.05, 0) is 26.5 Å². The largest absolute Gasteiger partial charge is 0.316 e. The molecule has 1 atom stereocenters. The van der Waals surface area contributed by atoms with E-state index in [9.17, 15) is 0 Å². The highest BCUT2D eigenvalue weighted by molar-refractivity contribution is 5.26. The zero-order valence-electron chi connectivity index (χ0n) is 13.7. The molecule has 1 unspecified atom stereocenters. The lowest BCUT2D eigenvalue weighted by Crippen LogP contribution is -2.45. The van der Waals surface area contributed by atoms with Gasteiger partial charge >= 0.3 is 0 Å². The van der Waals surface area contributed by atoms with E-state index in [4.69, 9.17) is 0 Å². The van der Waals surface area contributed by atoms with Crippen molar-refractivity contribution in [3.05, 3.63) is 48.0 Å². The van der Waals surface area contributed by atoms with E-state index in [2.05, 4.69) is 73.4 Å². The van der Waals surface area contributed by atoms with Gasteiger partial charge in [-0.25, -0.2) is 9.67 Å². The van der Waals surface area contributed by atoms with Gasteiger partial charge in [-0.15, -0.1) is 0 Å². The summed E-state index contributed by atoms with van der Waals surface area (Å²) in [4.78, 5) is 4.44. The predicted octanol–water partition coefficient (Wildman–Crippen LogP) is 2.97. The predicted molar refractivity (Wildman–Crippen MR) is 86.4 cm³/mol. The Morgan fingerprint density at radius 2 is 1.86 bits per heavy atom. The second-order valence-electron chi connectivity index (χ2n) is 6.35. The summed E-state index contributed by atoms with van der Waals surface area (Å²) in [6, 6.07) is 11.3. The van der Waals surface area contributed by atoms with Crippen LogP contribution in [0.2, 0.25) is 0 Å². The van der Waals surface area contributed by atoms with Crippen LogP contribution < -0.4 is 5.32 Å². The number of benzene rings is 1. The van der Waals surface area contributed by atoms with Crippen molar-refractivity contribution in [2.75, 3.05) is 7.05 Å². The fourth-order valence-corrected chi connectivity index (χ4v) is 2.82. The summed E-state index contributed by atoms with van der Waals surface area (Å²) in [5.41, 5.74) is 1.35. The molecule has 114 valence electrons. The minimum atomic E-state index is 0.0176. The van der Waals surface area contributed by atoms with Gasteiger partial charge in [-0.1, -0.05) is 44.2 Å². The standard InChI is InChI=1S/C17H26N4/c1-13(2)21-16(19-12-20-21)11-15(18-5)17(3,4)14-9-7-6-8-10-14/h6-10,12-13,15,18H,11H2,1-5H3. The molecule has 0 amide bonds. The maximum Gasteiger partial charge on any atom is 0.138 e. The number of likely N-dealkylation sites (N-methyl/N-ethyl adjacent to an activating group) is 1. The molecule has 2 aromatic rings. The molecule has 0 aliphatic carbocycles. The Kier molecular flexibility index (Phi) is 4.78.